The number of hydrogen-bond acceptors (Lipinski definition) is 3. The van der Waals surface area contributed by atoms with E-state index in [0.717, 1.165) is 5.69 Å². The monoisotopic (exact) mass is 307 g/mol. The van der Waals surface area contributed by atoms with Crippen LogP contribution in [0.1, 0.15) is 32.2 Å². The zero-order valence-corrected chi connectivity index (χ0v) is 13.8. The van der Waals surface area contributed by atoms with Crippen molar-refractivity contribution < 1.29 is 8.42 Å². The van der Waals surface area contributed by atoms with Gasteiger partial charge in [-0.3, -0.25) is 0 Å². The van der Waals surface area contributed by atoms with E-state index in [4.69, 9.17) is 0 Å². The topological polar surface area (TPSA) is 64.0 Å². The number of aryl methyl sites for hydroxylation is 1. The number of aromatic nitrogens is 2. The third kappa shape index (κ3) is 3.33. The fourth-order valence-electron chi connectivity index (χ4n) is 2.29. The Labute approximate surface area is 126 Å². The van der Waals surface area contributed by atoms with Crippen molar-refractivity contribution in [3.05, 3.63) is 41.7 Å². The van der Waals surface area contributed by atoms with Gasteiger partial charge in [0.2, 0.25) is 10.0 Å². The van der Waals surface area contributed by atoms with Gasteiger partial charge in [0.1, 0.15) is 4.90 Å². The van der Waals surface area contributed by atoms with Crippen molar-refractivity contribution in [2.45, 2.75) is 45.1 Å². The van der Waals surface area contributed by atoms with Crippen molar-refractivity contribution in [3.8, 4) is 5.69 Å². The summed E-state index contributed by atoms with van der Waals surface area (Å²) in [6.45, 7) is 8.93. The predicted molar refractivity (Wildman–Crippen MR) is 83.1 cm³/mol. The summed E-state index contributed by atoms with van der Waals surface area (Å²) in [6.07, 6.45) is 0. The summed E-state index contributed by atoms with van der Waals surface area (Å²) in [5.41, 5.74) is 1.41. The first-order chi connectivity index (χ1) is 9.62. The van der Waals surface area contributed by atoms with E-state index in [1.165, 1.54) is 0 Å². The predicted octanol–water partition coefficient (Wildman–Crippen LogP) is 2.57. The first-order valence-electron chi connectivity index (χ1n) is 6.77. The molecule has 1 aromatic carbocycles. The summed E-state index contributed by atoms with van der Waals surface area (Å²) < 4.78 is 29.5. The molecule has 6 heteroatoms. The zero-order chi connectivity index (χ0) is 15.8. The van der Waals surface area contributed by atoms with E-state index in [2.05, 4.69) is 9.82 Å². The lowest BCUT2D eigenvalue weighted by molar-refractivity contribution is 0.491. The lowest BCUT2D eigenvalue weighted by Crippen LogP contribution is -2.40. The fraction of sp³-hybridized carbons (Fsp3) is 0.400. The number of nitrogens with one attached hydrogen (secondary N) is 1. The molecule has 0 aliphatic heterocycles. The van der Waals surface area contributed by atoms with E-state index < -0.39 is 15.6 Å². The third-order valence-corrected chi connectivity index (χ3v) is 4.94. The van der Waals surface area contributed by atoms with Crippen LogP contribution in [0.2, 0.25) is 0 Å². The highest BCUT2D eigenvalue weighted by molar-refractivity contribution is 7.89. The Balaban J connectivity index is 2.55. The van der Waals surface area contributed by atoms with E-state index in [1.807, 2.05) is 51.1 Å². The van der Waals surface area contributed by atoms with Crippen molar-refractivity contribution in [1.82, 2.24) is 14.5 Å². The molecule has 5 nitrogen and oxygen atoms in total. The number of para-hydroxylation sites is 1. The second-order valence-electron chi connectivity index (χ2n) is 6.10. The Hall–Kier alpha value is -1.66. The van der Waals surface area contributed by atoms with Gasteiger partial charge in [0.15, 0.2) is 0 Å². The van der Waals surface area contributed by atoms with E-state index >= 15 is 0 Å². The molecule has 0 unspecified atom stereocenters. The summed E-state index contributed by atoms with van der Waals surface area (Å²) in [4.78, 5) is 0.251. The molecule has 1 N–H and O–H groups in total. The Morgan fingerprint density at radius 3 is 2.19 bits per heavy atom. The highest BCUT2D eigenvalue weighted by atomic mass is 32.2. The number of sulfonamides is 1. The molecular weight excluding hydrogens is 286 g/mol. The standard InChI is InChI=1S/C15H21N3O2S/c1-11-14(21(19,20)17-15(3,4)5)12(2)18(16-11)13-9-7-6-8-10-13/h6-10,17H,1-5H3. The van der Waals surface area contributed by atoms with Crippen molar-refractivity contribution in [1.29, 1.82) is 0 Å². The normalized spacial score (nSPS) is 12.6. The average Bonchev–Trinajstić information content (AvgIpc) is 2.63. The number of hydrogen-bond donors (Lipinski definition) is 1. The maximum atomic E-state index is 12.6. The first-order valence-corrected chi connectivity index (χ1v) is 8.26. The minimum absolute atomic E-state index is 0.251. The van der Waals surface area contributed by atoms with Crippen LogP contribution in [0, 0.1) is 13.8 Å². The number of nitrogens with zero attached hydrogens (tertiary/aromatic N) is 2. The van der Waals surface area contributed by atoms with E-state index in [-0.39, 0.29) is 4.90 Å². The van der Waals surface area contributed by atoms with Crippen LogP contribution in [-0.2, 0) is 10.0 Å². The molecule has 0 atom stereocenters. The Bertz CT molecular complexity index is 741. The summed E-state index contributed by atoms with van der Waals surface area (Å²) in [5, 5.41) is 4.37. The smallest absolute Gasteiger partial charge is 0.236 e. The summed E-state index contributed by atoms with van der Waals surface area (Å²) in [5.74, 6) is 0. The number of rotatable bonds is 3. The van der Waals surface area contributed by atoms with Gasteiger partial charge in [-0.25, -0.2) is 17.8 Å². The maximum Gasteiger partial charge on any atom is 0.244 e. The molecule has 0 aliphatic carbocycles. The second kappa shape index (κ2) is 5.27. The van der Waals surface area contributed by atoms with Gasteiger partial charge in [0.05, 0.1) is 17.1 Å². The molecule has 0 spiro atoms. The molecule has 0 saturated carbocycles. The van der Waals surface area contributed by atoms with Crippen LogP contribution in [0.5, 0.6) is 0 Å². The Kier molecular flexibility index (Phi) is 3.95. The average molecular weight is 307 g/mol. The van der Waals surface area contributed by atoms with Crippen LogP contribution in [0.3, 0.4) is 0 Å². The molecular formula is C15H21N3O2S. The van der Waals surface area contributed by atoms with Crippen molar-refractivity contribution in [2.75, 3.05) is 0 Å². The molecule has 2 aromatic rings. The van der Waals surface area contributed by atoms with Crippen LogP contribution in [0.15, 0.2) is 35.2 Å². The molecule has 1 aromatic heterocycles. The quantitative estimate of drug-likeness (QED) is 0.948. The SMILES string of the molecule is Cc1nn(-c2ccccc2)c(C)c1S(=O)(=O)NC(C)(C)C. The first kappa shape index (κ1) is 15.7. The summed E-state index contributed by atoms with van der Waals surface area (Å²) in [6, 6.07) is 9.49. The van der Waals surface area contributed by atoms with Gasteiger partial charge >= 0.3 is 0 Å². The molecule has 0 radical (unpaired) electrons. The molecule has 21 heavy (non-hydrogen) atoms. The highest BCUT2D eigenvalue weighted by Gasteiger charge is 2.28. The van der Waals surface area contributed by atoms with Gasteiger partial charge in [0, 0.05) is 5.54 Å². The van der Waals surface area contributed by atoms with Gasteiger partial charge in [-0.2, -0.15) is 5.10 Å². The lowest BCUT2D eigenvalue weighted by Gasteiger charge is -2.20. The van der Waals surface area contributed by atoms with E-state index in [9.17, 15) is 8.42 Å². The third-order valence-electron chi connectivity index (χ3n) is 2.93. The largest absolute Gasteiger partial charge is 0.244 e. The Morgan fingerprint density at radius 1 is 1.10 bits per heavy atom. The second-order valence-corrected chi connectivity index (χ2v) is 7.72. The molecule has 1 heterocycles. The number of benzene rings is 1. The van der Waals surface area contributed by atoms with Gasteiger partial charge in [-0.1, -0.05) is 18.2 Å². The lowest BCUT2D eigenvalue weighted by atomic mass is 10.1. The molecule has 0 fully saturated rings. The van der Waals surface area contributed by atoms with Gasteiger partial charge in [-0.15, -0.1) is 0 Å². The minimum atomic E-state index is -3.60. The van der Waals surface area contributed by atoms with Crippen LogP contribution >= 0.6 is 0 Å². The summed E-state index contributed by atoms with van der Waals surface area (Å²) in [7, 11) is -3.60. The van der Waals surface area contributed by atoms with Crippen LogP contribution in [0.25, 0.3) is 5.69 Å². The zero-order valence-electron chi connectivity index (χ0n) is 13.0. The Morgan fingerprint density at radius 2 is 1.67 bits per heavy atom. The van der Waals surface area contributed by atoms with Crippen LogP contribution in [0.4, 0.5) is 0 Å². The highest BCUT2D eigenvalue weighted by Crippen LogP contribution is 2.23. The van der Waals surface area contributed by atoms with Crippen LogP contribution < -0.4 is 4.72 Å². The summed E-state index contributed by atoms with van der Waals surface area (Å²) >= 11 is 0. The van der Waals surface area contributed by atoms with Gasteiger partial charge in [-0.05, 0) is 46.8 Å². The van der Waals surface area contributed by atoms with E-state index in [0.29, 0.717) is 11.4 Å². The minimum Gasteiger partial charge on any atom is -0.236 e. The van der Waals surface area contributed by atoms with Crippen molar-refractivity contribution >= 4 is 10.0 Å². The molecule has 0 bridgehead atoms. The molecule has 2 rings (SSSR count). The molecule has 0 saturated heterocycles. The maximum absolute atomic E-state index is 12.6. The van der Waals surface area contributed by atoms with Crippen molar-refractivity contribution in [2.24, 2.45) is 0 Å². The van der Waals surface area contributed by atoms with Gasteiger partial charge in [0.25, 0.3) is 0 Å². The van der Waals surface area contributed by atoms with Crippen molar-refractivity contribution in [3.63, 3.8) is 0 Å². The van der Waals surface area contributed by atoms with Crippen LogP contribution in [-0.4, -0.2) is 23.7 Å². The van der Waals surface area contributed by atoms with Gasteiger partial charge < -0.3 is 0 Å². The fourth-order valence-corrected chi connectivity index (χ4v) is 4.11. The molecule has 0 aliphatic rings. The van der Waals surface area contributed by atoms with E-state index in [1.54, 1.807) is 18.5 Å². The molecule has 0 amide bonds. The molecule has 114 valence electrons.